The van der Waals surface area contributed by atoms with Gasteiger partial charge in [0.15, 0.2) is 6.61 Å². The van der Waals surface area contributed by atoms with Crippen LogP contribution in [0.1, 0.15) is 27.9 Å². The molecule has 1 heterocycles. The van der Waals surface area contributed by atoms with Gasteiger partial charge in [0.05, 0.1) is 33.8 Å². The highest BCUT2D eigenvalue weighted by Gasteiger charge is 2.19. The topological polar surface area (TPSA) is 83.3 Å². The number of aryl methyl sites for hydroxylation is 2. The lowest BCUT2D eigenvalue weighted by atomic mass is 10.1. The molecule has 0 saturated heterocycles. The molecule has 1 amide bonds. The lowest BCUT2D eigenvalue weighted by Crippen LogP contribution is -2.35. The van der Waals surface area contributed by atoms with Crippen LogP contribution in [0.3, 0.4) is 0 Å². The summed E-state index contributed by atoms with van der Waals surface area (Å²) in [7, 11) is 0. The van der Waals surface area contributed by atoms with Gasteiger partial charge in [-0.3, -0.25) is 4.79 Å². The Hall–Kier alpha value is -3.24. The zero-order chi connectivity index (χ0) is 20.1. The van der Waals surface area contributed by atoms with Crippen molar-refractivity contribution >= 4 is 39.1 Å². The van der Waals surface area contributed by atoms with E-state index in [1.54, 1.807) is 23.7 Å². The van der Waals surface area contributed by atoms with Gasteiger partial charge in [0.1, 0.15) is 0 Å². The third-order valence-corrected chi connectivity index (χ3v) is 4.95. The fourth-order valence-electron chi connectivity index (χ4n) is 2.94. The van der Waals surface area contributed by atoms with E-state index in [2.05, 4.69) is 11.1 Å². The number of anilines is 1. The minimum Gasteiger partial charge on any atom is -0.452 e. The van der Waals surface area contributed by atoms with Crippen LogP contribution in [-0.2, 0) is 9.53 Å². The smallest absolute Gasteiger partial charge is 0.338 e. The minimum atomic E-state index is -0.565. The minimum absolute atomic E-state index is 0.189. The summed E-state index contributed by atoms with van der Waals surface area (Å²) in [5.41, 5.74) is 5.62. The summed E-state index contributed by atoms with van der Waals surface area (Å²) in [5.74, 6) is -0.934. The highest BCUT2D eigenvalue weighted by atomic mass is 32.1. The zero-order valence-electron chi connectivity index (χ0n) is 15.6. The first-order chi connectivity index (χ1) is 13.5. The molecule has 0 saturated carbocycles. The van der Waals surface area contributed by atoms with Gasteiger partial charge in [-0.05, 0) is 55.3 Å². The van der Waals surface area contributed by atoms with E-state index in [4.69, 9.17) is 10.00 Å². The first-order valence-corrected chi connectivity index (χ1v) is 9.62. The molecular weight excluding hydrogens is 374 g/mol. The van der Waals surface area contributed by atoms with Gasteiger partial charge >= 0.3 is 5.97 Å². The molecule has 0 unspecified atom stereocenters. The van der Waals surface area contributed by atoms with Crippen LogP contribution >= 0.6 is 11.3 Å². The molecule has 0 aliphatic heterocycles. The largest absolute Gasteiger partial charge is 0.452 e. The Morgan fingerprint density at radius 3 is 2.64 bits per heavy atom. The number of fused-ring (bicyclic) bond motifs is 1. The Kier molecular flexibility index (Phi) is 6.02. The van der Waals surface area contributed by atoms with Gasteiger partial charge in [0.25, 0.3) is 5.91 Å². The molecule has 142 valence electrons. The second-order valence-electron chi connectivity index (χ2n) is 6.41. The maximum absolute atomic E-state index is 12.7. The summed E-state index contributed by atoms with van der Waals surface area (Å²) < 4.78 is 6.11. The Bertz CT molecular complexity index is 1050. The first-order valence-electron chi connectivity index (χ1n) is 8.74. The normalized spacial score (nSPS) is 10.5. The predicted octanol–water partition coefficient (Wildman–Crippen LogP) is 4.02. The quantitative estimate of drug-likeness (QED) is 0.591. The Balaban J connectivity index is 1.72. The van der Waals surface area contributed by atoms with Crippen molar-refractivity contribution in [3.8, 4) is 6.07 Å². The lowest BCUT2D eigenvalue weighted by Gasteiger charge is -2.22. The van der Waals surface area contributed by atoms with E-state index in [0.29, 0.717) is 11.3 Å². The summed E-state index contributed by atoms with van der Waals surface area (Å²) in [6.07, 6.45) is 0.189. The molecule has 2 aromatic carbocycles. The van der Waals surface area contributed by atoms with Crippen LogP contribution in [0.4, 0.5) is 5.69 Å². The van der Waals surface area contributed by atoms with Crippen molar-refractivity contribution in [3.05, 3.63) is 58.6 Å². The molecule has 0 radical (unpaired) electrons. The number of aromatic nitrogens is 1. The molecule has 0 aliphatic carbocycles. The van der Waals surface area contributed by atoms with Crippen molar-refractivity contribution in [1.82, 2.24) is 4.98 Å². The second kappa shape index (κ2) is 8.63. The fraction of sp³-hybridized carbons (Fsp3) is 0.238. The third kappa shape index (κ3) is 4.53. The predicted molar refractivity (Wildman–Crippen MR) is 108 cm³/mol. The van der Waals surface area contributed by atoms with Crippen LogP contribution in [0, 0.1) is 25.2 Å². The van der Waals surface area contributed by atoms with Crippen molar-refractivity contribution < 1.29 is 14.3 Å². The van der Waals surface area contributed by atoms with Gasteiger partial charge < -0.3 is 9.64 Å². The summed E-state index contributed by atoms with van der Waals surface area (Å²) in [6, 6.07) is 12.9. The molecule has 6 nitrogen and oxygen atoms in total. The number of nitrogens with zero attached hydrogens (tertiary/aromatic N) is 3. The zero-order valence-corrected chi connectivity index (χ0v) is 16.5. The summed E-state index contributed by atoms with van der Waals surface area (Å²) in [5, 5.41) is 8.91. The number of esters is 1. The van der Waals surface area contributed by atoms with Crippen LogP contribution in [0.25, 0.3) is 10.2 Å². The Labute approximate surface area is 167 Å². The van der Waals surface area contributed by atoms with Crippen LogP contribution in [-0.4, -0.2) is 30.0 Å². The number of ether oxygens (including phenoxy) is 1. The maximum Gasteiger partial charge on any atom is 0.338 e. The number of hydrogen-bond donors (Lipinski definition) is 0. The average Bonchev–Trinajstić information content (AvgIpc) is 3.13. The lowest BCUT2D eigenvalue weighted by molar-refractivity contribution is -0.121. The van der Waals surface area contributed by atoms with Gasteiger partial charge in [-0.1, -0.05) is 6.07 Å². The first kappa shape index (κ1) is 19.5. The maximum atomic E-state index is 12.7. The van der Waals surface area contributed by atoms with E-state index < -0.39 is 12.6 Å². The molecule has 0 fully saturated rings. The van der Waals surface area contributed by atoms with Gasteiger partial charge in [0.2, 0.25) is 0 Å². The second-order valence-corrected chi connectivity index (χ2v) is 7.30. The number of thiazole rings is 1. The van der Waals surface area contributed by atoms with Crippen molar-refractivity contribution in [2.24, 2.45) is 0 Å². The molecule has 3 rings (SSSR count). The van der Waals surface area contributed by atoms with Crippen LogP contribution in [0.5, 0.6) is 0 Å². The van der Waals surface area contributed by atoms with Gasteiger partial charge in [-0.2, -0.15) is 5.26 Å². The molecular formula is C21H19N3O3S. The van der Waals surface area contributed by atoms with Crippen molar-refractivity contribution in [1.29, 1.82) is 5.26 Å². The van der Waals surface area contributed by atoms with E-state index in [0.717, 1.165) is 21.3 Å². The van der Waals surface area contributed by atoms with E-state index in [-0.39, 0.29) is 18.9 Å². The Morgan fingerprint density at radius 2 is 1.93 bits per heavy atom. The van der Waals surface area contributed by atoms with Gasteiger partial charge in [-0.25, -0.2) is 9.78 Å². The van der Waals surface area contributed by atoms with Crippen LogP contribution in [0.15, 0.2) is 41.9 Å². The molecule has 7 heteroatoms. The molecule has 0 spiro atoms. The molecule has 28 heavy (non-hydrogen) atoms. The Morgan fingerprint density at radius 1 is 1.18 bits per heavy atom. The number of carbonyl (C=O) groups is 2. The van der Waals surface area contributed by atoms with Gasteiger partial charge in [-0.15, -0.1) is 11.3 Å². The number of benzene rings is 2. The molecule has 0 N–H and O–H groups in total. The van der Waals surface area contributed by atoms with Crippen molar-refractivity contribution in [3.63, 3.8) is 0 Å². The van der Waals surface area contributed by atoms with Crippen molar-refractivity contribution in [2.45, 2.75) is 20.3 Å². The SMILES string of the molecule is Cc1cc(C)cc(N(CCC#N)C(=O)COC(=O)c2ccc3ncsc3c2)c1. The number of nitriles is 1. The highest BCUT2D eigenvalue weighted by Crippen LogP contribution is 2.21. The molecule has 0 aliphatic rings. The molecule has 3 aromatic rings. The molecule has 1 aromatic heterocycles. The van der Waals surface area contributed by atoms with Gasteiger partial charge in [0, 0.05) is 12.2 Å². The summed E-state index contributed by atoms with van der Waals surface area (Å²) in [6.45, 7) is 3.73. The standard InChI is InChI=1S/C21H19N3O3S/c1-14-8-15(2)10-17(9-14)24(7-3-6-22)20(25)12-27-21(26)16-4-5-18-19(11-16)28-13-23-18/h4-5,8-11,13H,3,7,12H2,1-2H3. The molecule has 0 atom stereocenters. The summed E-state index contributed by atoms with van der Waals surface area (Å²) in [4.78, 5) is 30.7. The van der Waals surface area contributed by atoms with E-state index in [1.807, 2.05) is 32.0 Å². The van der Waals surface area contributed by atoms with Crippen molar-refractivity contribution in [2.75, 3.05) is 18.1 Å². The third-order valence-electron chi connectivity index (χ3n) is 4.16. The van der Waals surface area contributed by atoms with Crippen LogP contribution in [0.2, 0.25) is 0 Å². The molecule has 0 bridgehead atoms. The average molecular weight is 393 g/mol. The fourth-order valence-corrected chi connectivity index (χ4v) is 3.65. The number of carbonyl (C=O) groups excluding carboxylic acids is 2. The van der Waals surface area contributed by atoms with E-state index in [9.17, 15) is 9.59 Å². The van der Waals surface area contributed by atoms with E-state index >= 15 is 0 Å². The summed E-state index contributed by atoms with van der Waals surface area (Å²) >= 11 is 1.43. The number of amides is 1. The van der Waals surface area contributed by atoms with Crippen LogP contribution < -0.4 is 4.90 Å². The monoisotopic (exact) mass is 393 g/mol. The highest BCUT2D eigenvalue weighted by molar-refractivity contribution is 7.16. The van der Waals surface area contributed by atoms with E-state index in [1.165, 1.54) is 16.2 Å². The number of hydrogen-bond acceptors (Lipinski definition) is 6. The number of rotatable bonds is 6.